The molecule has 6 heteroatoms. The fourth-order valence-electron chi connectivity index (χ4n) is 3.40. The molecule has 3 atom stereocenters. The van der Waals surface area contributed by atoms with Gasteiger partial charge in [-0.1, -0.05) is 36.4 Å². The number of aliphatic hydroxyl groups is 2. The molecular weight excluding hydrogens is 356 g/mol. The van der Waals surface area contributed by atoms with E-state index < -0.39 is 12.2 Å². The van der Waals surface area contributed by atoms with Crippen molar-refractivity contribution in [3.63, 3.8) is 0 Å². The van der Waals surface area contributed by atoms with Crippen LogP contribution in [0.2, 0.25) is 0 Å². The molecule has 1 saturated heterocycles. The van der Waals surface area contributed by atoms with Crippen LogP contribution in [0.5, 0.6) is 11.5 Å². The van der Waals surface area contributed by atoms with Gasteiger partial charge in [0.25, 0.3) is 0 Å². The van der Waals surface area contributed by atoms with Gasteiger partial charge in [0, 0.05) is 32.2 Å². The second-order valence-corrected chi connectivity index (χ2v) is 7.14. The van der Waals surface area contributed by atoms with E-state index in [0.29, 0.717) is 13.0 Å². The van der Waals surface area contributed by atoms with Crippen molar-refractivity contribution < 1.29 is 19.7 Å². The second kappa shape index (κ2) is 11.0. The van der Waals surface area contributed by atoms with Crippen molar-refractivity contribution in [2.75, 3.05) is 39.4 Å². The van der Waals surface area contributed by atoms with Crippen LogP contribution in [0.1, 0.15) is 6.42 Å². The lowest BCUT2D eigenvalue weighted by molar-refractivity contribution is 0.0192. The number of benzene rings is 2. The molecule has 3 unspecified atom stereocenters. The SMILES string of the molecule is OC(COc1ccccc1)CC1CNCCN1CC(O)COc1ccccc1. The highest BCUT2D eigenvalue weighted by molar-refractivity contribution is 5.21. The van der Waals surface area contributed by atoms with Crippen LogP contribution in [0.3, 0.4) is 0 Å². The van der Waals surface area contributed by atoms with Gasteiger partial charge < -0.3 is 25.0 Å². The van der Waals surface area contributed by atoms with Gasteiger partial charge in [-0.2, -0.15) is 0 Å². The number of para-hydroxylation sites is 2. The predicted octanol–water partition coefficient (Wildman–Crippen LogP) is 1.53. The average molecular weight is 386 g/mol. The largest absolute Gasteiger partial charge is 0.491 e. The number of hydrogen-bond acceptors (Lipinski definition) is 6. The van der Waals surface area contributed by atoms with Crippen molar-refractivity contribution >= 4 is 0 Å². The minimum absolute atomic E-state index is 0.148. The summed E-state index contributed by atoms with van der Waals surface area (Å²) < 4.78 is 11.3. The zero-order valence-electron chi connectivity index (χ0n) is 16.1. The highest BCUT2D eigenvalue weighted by Crippen LogP contribution is 2.14. The maximum atomic E-state index is 10.4. The third kappa shape index (κ3) is 6.80. The molecule has 2 aromatic rings. The first kappa shape index (κ1) is 20.6. The molecule has 2 aromatic carbocycles. The van der Waals surface area contributed by atoms with Crippen LogP contribution in [0.15, 0.2) is 60.7 Å². The maximum absolute atomic E-state index is 10.4. The molecule has 3 rings (SSSR count). The first-order chi connectivity index (χ1) is 13.7. The van der Waals surface area contributed by atoms with E-state index in [1.54, 1.807) is 0 Å². The fourth-order valence-corrected chi connectivity index (χ4v) is 3.40. The van der Waals surface area contributed by atoms with Gasteiger partial charge in [0.05, 0.1) is 6.10 Å². The molecule has 0 radical (unpaired) electrons. The fraction of sp³-hybridized carbons (Fsp3) is 0.455. The van der Waals surface area contributed by atoms with Gasteiger partial charge in [-0.05, 0) is 30.7 Å². The molecule has 0 aromatic heterocycles. The summed E-state index contributed by atoms with van der Waals surface area (Å²) in [5.74, 6) is 1.51. The van der Waals surface area contributed by atoms with E-state index in [9.17, 15) is 10.2 Å². The van der Waals surface area contributed by atoms with Crippen LogP contribution in [0, 0.1) is 0 Å². The lowest BCUT2D eigenvalue weighted by Crippen LogP contribution is -2.55. The number of nitrogens with one attached hydrogen (secondary N) is 1. The van der Waals surface area contributed by atoms with Gasteiger partial charge in [0.2, 0.25) is 0 Å². The summed E-state index contributed by atoms with van der Waals surface area (Å²) in [6, 6.07) is 19.2. The van der Waals surface area contributed by atoms with E-state index in [1.165, 1.54) is 0 Å². The molecule has 1 heterocycles. The van der Waals surface area contributed by atoms with Crippen LogP contribution < -0.4 is 14.8 Å². The summed E-state index contributed by atoms with van der Waals surface area (Å²) in [4.78, 5) is 2.22. The van der Waals surface area contributed by atoms with Crippen molar-refractivity contribution in [2.24, 2.45) is 0 Å². The molecule has 1 fully saturated rings. The number of rotatable bonds is 10. The second-order valence-electron chi connectivity index (χ2n) is 7.14. The van der Waals surface area contributed by atoms with Crippen molar-refractivity contribution in [2.45, 2.75) is 24.7 Å². The Labute approximate surface area is 166 Å². The van der Waals surface area contributed by atoms with Gasteiger partial charge in [-0.25, -0.2) is 0 Å². The van der Waals surface area contributed by atoms with E-state index in [0.717, 1.165) is 31.1 Å². The van der Waals surface area contributed by atoms with Crippen LogP contribution in [-0.2, 0) is 0 Å². The number of piperazine rings is 1. The number of aliphatic hydroxyl groups excluding tert-OH is 2. The Morgan fingerprint density at radius 3 is 2.07 bits per heavy atom. The predicted molar refractivity (Wildman–Crippen MR) is 109 cm³/mol. The molecule has 0 aliphatic carbocycles. The monoisotopic (exact) mass is 386 g/mol. The first-order valence-electron chi connectivity index (χ1n) is 9.87. The summed E-state index contributed by atoms with van der Waals surface area (Å²) in [6.07, 6.45) is -0.560. The Morgan fingerprint density at radius 2 is 1.46 bits per heavy atom. The van der Waals surface area contributed by atoms with Gasteiger partial charge in [-0.15, -0.1) is 0 Å². The molecule has 0 amide bonds. The standard InChI is InChI=1S/C22H30N2O4/c25-19(16-27-21-7-3-1-4-8-21)13-18-14-23-11-12-24(18)15-20(26)17-28-22-9-5-2-6-10-22/h1-10,18-20,23,25-26H,11-17H2. The number of β-amino-alcohol motifs (C(OH)–C–C–N with tert-alkyl or cyclic N) is 1. The van der Waals surface area contributed by atoms with Gasteiger partial charge >= 0.3 is 0 Å². The Hall–Kier alpha value is -2.12. The molecule has 0 spiro atoms. The molecule has 3 N–H and O–H groups in total. The molecular formula is C22H30N2O4. The smallest absolute Gasteiger partial charge is 0.119 e. The summed E-state index contributed by atoms with van der Waals surface area (Å²) in [5, 5.41) is 24.2. The normalized spacial score (nSPS) is 19.7. The number of ether oxygens (including phenoxy) is 2. The third-order valence-corrected chi connectivity index (χ3v) is 4.83. The van der Waals surface area contributed by atoms with Crippen molar-refractivity contribution in [1.82, 2.24) is 10.2 Å². The highest BCUT2D eigenvalue weighted by Gasteiger charge is 2.26. The zero-order chi connectivity index (χ0) is 19.6. The topological polar surface area (TPSA) is 74.2 Å². The van der Waals surface area contributed by atoms with E-state index in [2.05, 4.69) is 10.2 Å². The van der Waals surface area contributed by atoms with Gasteiger partial charge in [0.15, 0.2) is 0 Å². The minimum Gasteiger partial charge on any atom is -0.491 e. The van der Waals surface area contributed by atoms with E-state index >= 15 is 0 Å². The first-order valence-corrected chi connectivity index (χ1v) is 9.87. The van der Waals surface area contributed by atoms with E-state index in [4.69, 9.17) is 9.47 Å². The Morgan fingerprint density at radius 1 is 0.893 bits per heavy atom. The lowest BCUT2D eigenvalue weighted by Gasteiger charge is -2.38. The molecule has 1 aliphatic rings. The summed E-state index contributed by atoms with van der Waals surface area (Å²) in [6.45, 7) is 3.52. The Bertz CT molecular complexity index is 611. The van der Waals surface area contributed by atoms with Crippen molar-refractivity contribution in [1.29, 1.82) is 0 Å². The average Bonchev–Trinajstić information content (AvgIpc) is 2.74. The van der Waals surface area contributed by atoms with Crippen molar-refractivity contribution in [3.05, 3.63) is 60.7 Å². The molecule has 152 valence electrons. The van der Waals surface area contributed by atoms with E-state index in [1.807, 2.05) is 60.7 Å². The number of nitrogens with zero attached hydrogens (tertiary/aromatic N) is 1. The van der Waals surface area contributed by atoms with Crippen LogP contribution >= 0.6 is 0 Å². The summed E-state index contributed by atoms with van der Waals surface area (Å²) in [5.41, 5.74) is 0. The molecule has 0 saturated carbocycles. The number of hydrogen-bond donors (Lipinski definition) is 3. The lowest BCUT2D eigenvalue weighted by atomic mass is 10.1. The van der Waals surface area contributed by atoms with Gasteiger partial charge in [0.1, 0.15) is 30.8 Å². The van der Waals surface area contributed by atoms with E-state index in [-0.39, 0.29) is 19.3 Å². The molecule has 0 bridgehead atoms. The van der Waals surface area contributed by atoms with Crippen LogP contribution in [0.4, 0.5) is 0 Å². The van der Waals surface area contributed by atoms with Gasteiger partial charge in [-0.3, -0.25) is 4.90 Å². The quantitative estimate of drug-likeness (QED) is 0.575. The van der Waals surface area contributed by atoms with Crippen LogP contribution in [-0.4, -0.2) is 72.8 Å². The zero-order valence-corrected chi connectivity index (χ0v) is 16.1. The Balaban J connectivity index is 1.43. The van der Waals surface area contributed by atoms with Crippen LogP contribution in [0.25, 0.3) is 0 Å². The Kier molecular flexibility index (Phi) is 8.11. The molecule has 28 heavy (non-hydrogen) atoms. The summed E-state index contributed by atoms with van der Waals surface area (Å²) >= 11 is 0. The summed E-state index contributed by atoms with van der Waals surface area (Å²) in [7, 11) is 0. The minimum atomic E-state index is -0.585. The molecule has 6 nitrogen and oxygen atoms in total. The maximum Gasteiger partial charge on any atom is 0.119 e. The van der Waals surface area contributed by atoms with Crippen molar-refractivity contribution in [3.8, 4) is 11.5 Å². The third-order valence-electron chi connectivity index (χ3n) is 4.83. The highest BCUT2D eigenvalue weighted by atomic mass is 16.5. The molecule has 1 aliphatic heterocycles.